The first-order chi connectivity index (χ1) is 6.72. The van der Waals surface area contributed by atoms with E-state index in [1.54, 1.807) is 24.3 Å². The second-order valence-electron chi connectivity index (χ2n) is 2.63. The first kappa shape index (κ1) is 9.83. The Kier molecular flexibility index (Phi) is 3.29. The highest BCUT2D eigenvalue weighted by Crippen LogP contribution is 2.01. The average Bonchev–Trinajstić information content (AvgIpc) is 2.18. The maximum atomic E-state index is 10.4. The Balaban J connectivity index is 2.73. The largest absolute Gasteiger partial charge is 0.369 e. The van der Waals surface area contributed by atoms with E-state index in [9.17, 15) is 4.79 Å². The van der Waals surface area contributed by atoms with Crippen LogP contribution in [0.1, 0.15) is 17.5 Å². The minimum Gasteiger partial charge on any atom is -0.369 e. The minimum atomic E-state index is -0.439. The van der Waals surface area contributed by atoms with Crippen LogP contribution in [-0.4, -0.2) is 5.91 Å². The molecule has 68 valence electrons. The molecule has 14 heavy (non-hydrogen) atoms. The topological polar surface area (TPSA) is 66.9 Å². The van der Waals surface area contributed by atoms with Crippen molar-refractivity contribution in [2.45, 2.75) is 6.42 Å². The molecular formula is C11H8N2O. The van der Waals surface area contributed by atoms with Crippen molar-refractivity contribution in [2.75, 3.05) is 0 Å². The first-order valence-corrected chi connectivity index (χ1v) is 3.99. The van der Waals surface area contributed by atoms with Gasteiger partial charge in [-0.3, -0.25) is 4.79 Å². The summed E-state index contributed by atoms with van der Waals surface area (Å²) in [6.07, 6.45) is 0.0556. The van der Waals surface area contributed by atoms with E-state index in [-0.39, 0.29) is 6.42 Å². The van der Waals surface area contributed by atoms with Crippen molar-refractivity contribution in [1.29, 1.82) is 5.26 Å². The highest BCUT2D eigenvalue weighted by Gasteiger charge is 1.89. The second kappa shape index (κ2) is 4.69. The van der Waals surface area contributed by atoms with Gasteiger partial charge in [0.2, 0.25) is 5.91 Å². The zero-order chi connectivity index (χ0) is 10.4. The van der Waals surface area contributed by atoms with Crippen LogP contribution in [0.15, 0.2) is 24.3 Å². The summed E-state index contributed by atoms with van der Waals surface area (Å²) in [5.41, 5.74) is 6.27. The second-order valence-corrected chi connectivity index (χ2v) is 2.63. The van der Waals surface area contributed by atoms with Crippen molar-refractivity contribution in [3.8, 4) is 17.9 Å². The summed E-state index contributed by atoms with van der Waals surface area (Å²) in [6, 6.07) is 8.81. The molecule has 1 aromatic rings. The standard InChI is InChI=1S/C11H8N2O/c12-8-10-6-4-9(5-7-10)2-1-3-11(13)14/h4-7H,3H2,(H2,13,14). The van der Waals surface area contributed by atoms with Gasteiger partial charge in [0, 0.05) is 5.56 Å². The number of hydrogen-bond donors (Lipinski definition) is 1. The fourth-order valence-corrected chi connectivity index (χ4v) is 0.861. The molecule has 0 aliphatic heterocycles. The van der Waals surface area contributed by atoms with Gasteiger partial charge in [-0.05, 0) is 24.3 Å². The Morgan fingerprint density at radius 2 is 1.86 bits per heavy atom. The smallest absolute Gasteiger partial charge is 0.229 e. The highest BCUT2D eigenvalue weighted by molar-refractivity contribution is 5.76. The molecule has 3 heteroatoms. The molecule has 0 aromatic heterocycles. The summed E-state index contributed by atoms with van der Waals surface area (Å²) in [6.45, 7) is 0. The number of hydrogen-bond acceptors (Lipinski definition) is 2. The molecular weight excluding hydrogens is 176 g/mol. The Bertz CT molecular complexity index is 429. The lowest BCUT2D eigenvalue weighted by molar-refractivity contribution is -0.117. The fraction of sp³-hybridized carbons (Fsp3) is 0.0909. The van der Waals surface area contributed by atoms with E-state index < -0.39 is 5.91 Å². The quantitative estimate of drug-likeness (QED) is 0.655. The van der Waals surface area contributed by atoms with Crippen molar-refractivity contribution < 1.29 is 4.79 Å². The predicted octanol–water partition coefficient (Wildman–Crippen LogP) is 0.785. The van der Waals surface area contributed by atoms with Crippen LogP contribution in [0.2, 0.25) is 0 Å². The number of amides is 1. The number of carbonyl (C=O) groups is 1. The van der Waals surface area contributed by atoms with Crippen LogP contribution < -0.4 is 5.73 Å². The van der Waals surface area contributed by atoms with Crippen LogP contribution in [-0.2, 0) is 4.79 Å². The number of benzene rings is 1. The molecule has 0 bridgehead atoms. The van der Waals surface area contributed by atoms with E-state index in [1.165, 1.54) is 0 Å². The van der Waals surface area contributed by atoms with Gasteiger partial charge in [0.15, 0.2) is 0 Å². The number of nitrogens with two attached hydrogens (primary N) is 1. The van der Waals surface area contributed by atoms with E-state index in [4.69, 9.17) is 11.0 Å². The summed E-state index contributed by atoms with van der Waals surface area (Å²) in [5, 5.41) is 8.53. The minimum absolute atomic E-state index is 0.0556. The fourth-order valence-electron chi connectivity index (χ4n) is 0.861. The molecule has 1 amide bonds. The zero-order valence-corrected chi connectivity index (χ0v) is 7.45. The van der Waals surface area contributed by atoms with Gasteiger partial charge in [-0.1, -0.05) is 11.8 Å². The average molecular weight is 184 g/mol. The molecule has 0 fully saturated rings. The number of primary amides is 1. The van der Waals surface area contributed by atoms with Crippen molar-refractivity contribution in [3.63, 3.8) is 0 Å². The monoisotopic (exact) mass is 184 g/mol. The number of nitriles is 1. The van der Waals surface area contributed by atoms with Gasteiger partial charge in [0.1, 0.15) is 0 Å². The molecule has 1 rings (SSSR count). The first-order valence-electron chi connectivity index (χ1n) is 3.99. The Morgan fingerprint density at radius 3 is 2.36 bits per heavy atom. The summed E-state index contributed by atoms with van der Waals surface area (Å²) >= 11 is 0. The third kappa shape index (κ3) is 3.00. The van der Waals surface area contributed by atoms with Crippen LogP contribution in [0.25, 0.3) is 0 Å². The maximum Gasteiger partial charge on any atom is 0.229 e. The van der Waals surface area contributed by atoms with Crippen molar-refractivity contribution >= 4 is 5.91 Å². The van der Waals surface area contributed by atoms with Crippen molar-refractivity contribution in [3.05, 3.63) is 35.4 Å². The Morgan fingerprint density at radius 1 is 1.29 bits per heavy atom. The molecule has 0 aliphatic rings. The number of nitrogens with zero attached hydrogens (tertiary/aromatic N) is 1. The SMILES string of the molecule is N#Cc1ccc(C#CCC(N)=O)cc1. The van der Waals surface area contributed by atoms with Crippen LogP contribution in [0.4, 0.5) is 0 Å². The summed E-state index contributed by atoms with van der Waals surface area (Å²) in [4.78, 5) is 10.4. The highest BCUT2D eigenvalue weighted by atomic mass is 16.1. The van der Waals surface area contributed by atoms with Crippen LogP contribution >= 0.6 is 0 Å². The molecule has 0 unspecified atom stereocenters. The lowest BCUT2D eigenvalue weighted by Gasteiger charge is -1.89. The maximum absolute atomic E-state index is 10.4. The van der Waals surface area contributed by atoms with Gasteiger partial charge < -0.3 is 5.73 Å². The van der Waals surface area contributed by atoms with Gasteiger partial charge >= 0.3 is 0 Å². The van der Waals surface area contributed by atoms with Gasteiger partial charge in [-0.25, -0.2) is 0 Å². The third-order valence-corrected chi connectivity index (χ3v) is 1.51. The van der Waals surface area contributed by atoms with Gasteiger partial charge in [-0.15, -0.1) is 0 Å². The van der Waals surface area contributed by atoms with Crippen LogP contribution in [0, 0.1) is 23.2 Å². The summed E-state index contributed by atoms with van der Waals surface area (Å²) in [7, 11) is 0. The number of carbonyl (C=O) groups excluding carboxylic acids is 1. The van der Waals surface area contributed by atoms with E-state index in [0.717, 1.165) is 5.56 Å². The molecule has 0 radical (unpaired) electrons. The Labute approximate surface area is 82.1 Å². The molecule has 0 atom stereocenters. The van der Waals surface area contributed by atoms with Crippen LogP contribution in [0.3, 0.4) is 0 Å². The van der Waals surface area contributed by atoms with Crippen molar-refractivity contribution in [1.82, 2.24) is 0 Å². The normalized spacial score (nSPS) is 8.21. The molecule has 0 saturated carbocycles. The molecule has 0 spiro atoms. The molecule has 0 saturated heterocycles. The molecule has 0 heterocycles. The van der Waals surface area contributed by atoms with E-state index in [2.05, 4.69) is 11.8 Å². The van der Waals surface area contributed by atoms with Crippen LogP contribution in [0.5, 0.6) is 0 Å². The zero-order valence-electron chi connectivity index (χ0n) is 7.45. The van der Waals surface area contributed by atoms with Gasteiger partial charge in [-0.2, -0.15) is 5.26 Å². The van der Waals surface area contributed by atoms with E-state index >= 15 is 0 Å². The lowest BCUT2D eigenvalue weighted by Crippen LogP contribution is -2.08. The van der Waals surface area contributed by atoms with Crippen molar-refractivity contribution in [2.24, 2.45) is 5.73 Å². The molecule has 2 N–H and O–H groups in total. The molecule has 1 aromatic carbocycles. The van der Waals surface area contributed by atoms with Gasteiger partial charge in [0.25, 0.3) is 0 Å². The third-order valence-electron chi connectivity index (χ3n) is 1.51. The predicted molar refractivity (Wildman–Crippen MR) is 51.8 cm³/mol. The lowest BCUT2D eigenvalue weighted by atomic mass is 10.1. The number of rotatable bonds is 1. The van der Waals surface area contributed by atoms with E-state index in [0.29, 0.717) is 5.56 Å². The Hall–Kier alpha value is -2.26. The van der Waals surface area contributed by atoms with E-state index in [1.807, 2.05) is 6.07 Å². The molecule has 0 aliphatic carbocycles. The van der Waals surface area contributed by atoms with Gasteiger partial charge in [0.05, 0.1) is 18.1 Å². The summed E-state index contributed by atoms with van der Waals surface area (Å²) in [5.74, 6) is 4.96. The summed E-state index contributed by atoms with van der Waals surface area (Å²) < 4.78 is 0. The molecule has 3 nitrogen and oxygen atoms in total.